The minimum absolute atomic E-state index is 0.0136. The second-order valence-corrected chi connectivity index (χ2v) is 11.3. The van der Waals surface area contributed by atoms with Gasteiger partial charge in [0.2, 0.25) is 15.9 Å². The molecule has 0 aliphatic rings. The Labute approximate surface area is 203 Å². The third-order valence-electron chi connectivity index (χ3n) is 4.76. The average Bonchev–Trinajstić information content (AvgIpc) is 2.78. The molecular formula is C22H23ClN4O5S2. The molecule has 1 aromatic heterocycles. The number of sulfonamides is 2. The van der Waals surface area contributed by atoms with Gasteiger partial charge in [-0.05, 0) is 67.1 Å². The van der Waals surface area contributed by atoms with E-state index in [9.17, 15) is 21.6 Å². The number of aromatic nitrogens is 1. The van der Waals surface area contributed by atoms with E-state index in [4.69, 9.17) is 11.6 Å². The molecular weight excluding hydrogens is 500 g/mol. The smallest absolute Gasteiger partial charge is 0.261 e. The van der Waals surface area contributed by atoms with E-state index in [2.05, 4.69) is 15.0 Å². The van der Waals surface area contributed by atoms with Crippen LogP contribution in [-0.2, 0) is 24.8 Å². The number of halogens is 1. The molecule has 12 heteroatoms. The van der Waals surface area contributed by atoms with Crippen molar-refractivity contribution in [1.29, 1.82) is 0 Å². The highest BCUT2D eigenvalue weighted by atomic mass is 35.5. The molecule has 0 fully saturated rings. The number of nitrogens with zero attached hydrogens (tertiary/aromatic N) is 2. The first-order chi connectivity index (χ1) is 16.0. The van der Waals surface area contributed by atoms with Crippen LogP contribution in [0.1, 0.15) is 13.3 Å². The first-order valence-corrected chi connectivity index (χ1v) is 13.8. The summed E-state index contributed by atoms with van der Waals surface area (Å²) in [6.07, 6.45) is 4.12. The first kappa shape index (κ1) is 25.5. The highest BCUT2D eigenvalue weighted by Crippen LogP contribution is 2.25. The van der Waals surface area contributed by atoms with Gasteiger partial charge < -0.3 is 5.32 Å². The third-order valence-corrected chi connectivity index (χ3v) is 7.59. The number of hydrogen-bond donors (Lipinski definition) is 2. The second kappa shape index (κ2) is 10.4. The van der Waals surface area contributed by atoms with E-state index in [1.165, 1.54) is 48.8 Å². The van der Waals surface area contributed by atoms with E-state index in [0.29, 0.717) is 22.1 Å². The lowest BCUT2D eigenvalue weighted by molar-refractivity contribution is -0.117. The molecule has 3 aromatic rings. The number of pyridine rings is 1. The monoisotopic (exact) mass is 522 g/mol. The number of benzene rings is 2. The van der Waals surface area contributed by atoms with Crippen LogP contribution in [0.5, 0.6) is 0 Å². The summed E-state index contributed by atoms with van der Waals surface area (Å²) in [5, 5.41) is 3.09. The predicted octanol–water partition coefficient (Wildman–Crippen LogP) is 3.72. The molecule has 0 unspecified atom stereocenters. The molecule has 34 heavy (non-hydrogen) atoms. The van der Waals surface area contributed by atoms with Crippen molar-refractivity contribution in [2.24, 2.45) is 0 Å². The van der Waals surface area contributed by atoms with Crippen LogP contribution in [0.3, 0.4) is 0 Å². The van der Waals surface area contributed by atoms with Crippen LogP contribution in [0.15, 0.2) is 78.0 Å². The molecule has 1 amide bonds. The van der Waals surface area contributed by atoms with Crippen molar-refractivity contribution in [3.05, 3.63) is 78.1 Å². The molecule has 0 radical (unpaired) electrons. The van der Waals surface area contributed by atoms with E-state index >= 15 is 0 Å². The van der Waals surface area contributed by atoms with Crippen molar-refractivity contribution in [1.82, 2.24) is 4.98 Å². The summed E-state index contributed by atoms with van der Waals surface area (Å²) >= 11 is 5.91. The van der Waals surface area contributed by atoms with Crippen LogP contribution in [0.4, 0.5) is 17.1 Å². The highest BCUT2D eigenvalue weighted by Gasteiger charge is 2.31. The van der Waals surface area contributed by atoms with Gasteiger partial charge in [0.1, 0.15) is 6.04 Å². The van der Waals surface area contributed by atoms with Gasteiger partial charge in [-0.1, -0.05) is 18.5 Å². The maximum absolute atomic E-state index is 13.0. The Morgan fingerprint density at radius 1 is 1.00 bits per heavy atom. The molecule has 0 saturated heterocycles. The second-order valence-electron chi connectivity index (χ2n) is 7.32. The topological polar surface area (TPSA) is 126 Å². The van der Waals surface area contributed by atoms with Gasteiger partial charge in [-0.25, -0.2) is 16.8 Å². The Bertz CT molecular complexity index is 1350. The highest BCUT2D eigenvalue weighted by molar-refractivity contribution is 7.92. The summed E-state index contributed by atoms with van der Waals surface area (Å²) in [7, 11) is -7.65. The number of carbonyl (C=O) groups excluding carboxylic acids is 1. The fourth-order valence-corrected chi connectivity index (χ4v) is 5.61. The maximum atomic E-state index is 13.0. The number of anilines is 3. The maximum Gasteiger partial charge on any atom is 0.261 e. The minimum Gasteiger partial charge on any atom is -0.324 e. The molecule has 9 nitrogen and oxygen atoms in total. The SMILES string of the molecule is CC[C@H](C(=O)Nc1ccc(S(=O)(=O)Nc2cccnc2)cc1)N(c1ccc(Cl)cc1)S(C)(=O)=O. The molecule has 1 atom stereocenters. The van der Waals surface area contributed by atoms with E-state index in [1.807, 2.05) is 0 Å². The lowest BCUT2D eigenvalue weighted by Gasteiger charge is -2.30. The molecule has 0 aliphatic carbocycles. The van der Waals surface area contributed by atoms with Gasteiger partial charge >= 0.3 is 0 Å². The molecule has 180 valence electrons. The van der Waals surface area contributed by atoms with E-state index in [0.717, 1.165) is 10.6 Å². The van der Waals surface area contributed by atoms with Gasteiger partial charge in [-0.2, -0.15) is 0 Å². The Balaban J connectivity index is 1.79. The van der Waals surface area contributed by atoms with Crippen molar-refractivity contribution in [3.63, 3.8) is 0 Å². The number of nitrogens with one attached hydrogen (secondary N) is 2. The Morgan fingerprint density at radius 3 is 2.18 bits per heavy atom. The van der Waals surface area contributed by atoms with Crippen LogP contribution in [0, 0.1) is 0 Å². The van der Waals surface area contributed by atoms with Crippen LogP contribution in [0.25, 0.3) is 0 Å². The molecule has 2 N–H and O–H groups in total. The fourth-order valence-electron chi connectivity index (χ4n) is 3.23. The van der Waals surface area contributed by atoms with E-state index in [-0.39, 0.29) is 11.3 Å². The number of carbonyl (C=O) groups is 1. The lowest BCUT2D eigenvalue weighted by Crippen LogP contribution is -2.47. The van der Waals surface area contributed by atoms with E-state index < -0.39 is 32.0 Å². The van der Waals surface area contributed by atoms with Gasteiger partial charge in [0.25, 0.3) is 10.0 Å². The molecule has 0 bridgehead atoms. The van der Waals surface area contributed by atoms with Crippen LogP contribution >= 0.6 is 11.6 Å². The van der Waals surface area contributed by atoms with Gasteiger partial charge in [-0.3, -0.25) is 18.8 Å². The van der Waals surface area contributed by atoms with Gasteiger partial charge in [0.05, 0.1) is 28.7 Å². The zero-order chi connectivity index (χ0) is 24.9. The Hall–Kier alpha value is -3.15. The Kier molecular flexibility index (Phi) is 7.80. The number of hydrogen-bond acceptors (Lipinski definition) is 6. The van der Waals surface area contributed by atoms with Crippen LogP contribution in [0.2, 0.25) is 5.02 Å². The Morgan fingerprint density at radius 2 is 1.65 bits per heavy atom. The first-order valence-electron chi connectivity index (χ1n) is 10.1. The molecule has 1 heterocycles. The molecule has 2 aromatic carbocycles. The summed E-state index contributed by atoms with van der Waals surface area (Å²) < 4.78 is 53.6. The molecule has 3 rings (SSSR count). The minimum atomic E-state index is -3.85. The third kappa shape index (κ3) is 6.25. The zero-order valence-electron chi connectivity index (χ0n) is 18.3. The van der Waals surface area contributed by atoms with Crippen LogP contribution in [-0.4, -0.2) is 40.0 Å². The van der Waals surface area contributed by atoms with Gasteiger partial charge in [-0.15, -0.1) is 0 Å². The van der Waals surface area contributed by atoms with Crippen molar-refractivity contribution in [2.45, 2.75) is 24.3 Å². The molecule has 0 spiro atoms. The summed E-state index contributed by atoms with van der Waals surface area (Å²) in [4.78, 5) is 16.9. The predicted molar refractivity (Wildman–Crippen MR) is 133 cm³/mol. The van der Waals surface area contributed by atoms with Crippen molar-refractivity contribution in [2.75, 3.05) is 20.6 Å². The zero-order valence-corrected chi connectivity index (χ0v) is 20.7. The van der Waals surface area contributed by atoms with Gasteiger partial charge in [0, 0.05) is 16.9 Å². The van der Waals surface area contributed by atoms with Crippen molar-refractivity contribution >= 4 is 54.6 Å². The lowest BCUT2D eigenvalue weighted by atomic mass is 10.2. The summed E-state index contributed by atoms with van der Waals surface area (Å²) in [5.41, 5.74) is 0.930. The summed E-state index contributed by atoms with van der Waals surface area (Å²) in [6.45, 7) is 1.69. The van der Waals surface area contributed by atoms with Crippen molar-refractivity contribution in [3.8, 4) is 0 Å². The summed E-state index contributed by atoms with van der Waals surface area (Å²) in [5.74, 6) is -0.563. The van der Waals surface area contributed by atoms with Crippen molar-refractivity contribution < 1.29 is 21.6 Å². The quantitative estimate of drug-likeness (QED) is 0.441. The molecule has 0 saturated carbocycles. The summed E-state index contributed by atoms with van der Waals surface area (Å²) in [6, 6.07) is 13.8. The average molecular weight is 523 g/mol. The number of rotatable bonds is 9. The molecule has 0 aliphatic heterocycles. The fraction of sp³-hybridized carbons (Fsp3) is 0.182. The van der Waals surface area contributed by atoms with Gasteiger partial charge in [0.15, 0.2) is 0 Å². The number of amides is 1. The van der Waals surface area contributed by atoms with E-state index in [1.54, 1.807) is 31.2 Å². The van der Waals surface area contributed by atoms with Crippen LogP contribution < -0.4 is 14.3 Å². The standard InChI is InChI=1S/C22H23ClN4O5S2/c1-3-21(27(33(2,29)30)19-10-6-16(23)7-11-19)22(28)25-17-8-12-20(13-9-17)34(31,32)26-18-5-4-14-24-15-18/h4-15,21,26H,3H2,1-2H3,(H,25,28)/t21-/m1/s1. The normalized spacial score (nSPS) is 12.6. The largest absolute Gasteiger partial charge is 0.324 e.